The highest BCUT2D eigenvalue weighted by Crippen LogP contribution is 2.31. The number of hydrogen-bond acceptors (Lipinski definition) is 5. The van der Waals surface area contributed by atoms with Gasteiger partial charge < -0.3 is 4.42 Å². The molecule has 2 heterocycles. The molecule has 0 unspecified atom stereocenters. The zero-order valence-corrected chi connectivity index (χ0v) is 15.2. The third-order valence-electron chi connectivity index (χ3n) is 4.04. The van der Waals surface area contributed by atoms with E-state index in [2.05, 4.69) is 16.3 Å². The standard InChI is InChI=1S/C21H16N4OS/c22-15-18(14-16-8-3-1-4-9-16)27-21-24-23-20(19-12-7-13-26-19)25(21)17-10-5-2-6-11-17/h1-13,18H,14H2/t18-/m0/s1. The van der Waals surface area contributed by atoms with E-state index in [9.17, 15) is 5.26 Å². The van der Waals surface area contributed by atoms with Crippen molar-refractivity contribution >= 4 is 11.8 Å². The van der Waals surface area contributed by atoms with Crippen molar-refractivity contribution in [3.8, 4) is 23.3 Å². The van der Waals surface area contributed by atoms with E-state index in [4.69, 9.17) is 4.42 Å². The van der Waals surface area contributed by atoms with E-state index in [-0.39, 0.29) is 5.25 Å². The number of benzene rings is 2. The Labute approximate surface area is 161 Å². The summed E-state index contributed by atoms with van der Waals surface area (Å²) in [5, 5.41) is 18.7. The van der Waals surface area contributed by atoms with Crippen LogP contribution in [0.1, 0.15) is 5.56 Å². The molecule has 2 aromatic carbocycles. The van der Waals surface area contributed by atoms with Crippen molar-refractivity contribution in [2.75, 3.05) is 0 Å². The number of aromatic nitrogens is 3. The highest BCUT2D eigenvalue weighted by molar-refractivity contribution is 8.00. The van der Waals surface area contributed by atoms with Gasteiger partial charge in [-0.25, -0.2) is 0 Å². The average Bonchev–Trinajstić information content (AvgIpc) is 3.38. The Morgan fingerprint density at radius 1 is 0.963 bits per heavy atom. The quantitative estimate of drug-likeness (QED) is 0.457. The van der Waals surface area contributed by atoms with Gasteiger partial charge in [0.1, 0.15) is 5.25 Å². The van der Waals surface area contributed by atoms with Crippen LogP contribution in [-0.2, 0) is 6.42 Å². The second-order valence-electron chi connectivity index (χ2n) is 5.88. The molecule has 0 saturated carbocycles. The summed E-state index contributed by atoms with van der Waals surface area (Å²) in [4.78, 5) is 0. The molecular weight excluding hydrogens is 356 g/mol. The van der Waals surface area contributed by atoms with Crippen LogP contribution in [0.2, 0.25) is 0 Å². The molecule has 1 atom stereocenters. The Morgan fingerprint density at radius 3 is 2.37 bits per heavy atom. The van der Waals surface area contributed by atoms with Gasteiger partial charge in [-0.2, -0.15) is 5.26 Å². The fraction of sp³-hybridized carbons (Fsp3) is 0.0952. The van der Waals surface area contributed by atoms with Crippen LogP contribution in [-0.4, -0.2) is 20.0 Å². The normalized spacial score (nSPS) is 11.8. The highest BCUT2D eigenvalue weighted by Gasteiger charge is 2.21. The molecular formula is C21H16N4OS. The predicted octanol–water partition coefficient (Wildman–Crippen LogP) is 4.75. The van der Waals surface area contributed by atoms with Crippen molar-refractivity contribution < 1.29 is 4.42 Å². The Bertz CT molecular complexity index is 1040. The summed E-state index contributed by atoms with van der Waals surface area (Å²) in [5.41, 5.74) is 2.04. The first-order chi connectivity index (χ1) is 13.3. The van der Waals surface area contributed by atoms with Gasteiger partial charge in [-0.15, -0.1) is 10.2 Å². The topological polar surface area (TPSA) is 67.6 Å². The van der Waals surface area contributed by atoms with E-state index in [1.165, 1.54) is 11.8 Å². The molecule has 0 fully saturated rings. The van der Waals surface area contributed by atoms with Crippen LogP contribution in [0.15, 0.2) is 88.6 Å². The van der Waals surface area contributed by atoms with Crippen LogP contribution >= 0.6 is 11.8 Å². The molecule has 2 aromatic heterocycles. The molecule has 5 nitrogen and oxygen atoms in total. The zero-order valence-electron chi connectivity index (χ0n) is 14.4. The first-order valence-electron chi connectivity index (χ1n) is 8.50. The maximum absolute atomic E-state index is 9.65. The predicted molar refractivity (Wildman–Crippen MR) is 104 cm³/mol. The third kappa shape index (κ3) is 3.78. The molecule has 0 aliphatic carbocycles. The summed E-state index contributed by atoms with van der Waals surface area (Å²) < 4.78 is 7.45. The minimum Gasteiger partial charge on any atom is -0.461 e. The van der Waals surface area contributed by atoms with Crippen LogP contribution < -0.4 is 0 Å². The fourth-order valence-corrected chi connectivity index (χ4v) is 3.76. The summed E-state index contributed by atoms with van der Waals surface area (Å²) in [6.07, 6.45) is 2.25. The number of nitrogens with zero attached hydrogens (tertiary/aromatic N) is 4. The van der Waals surface area contributed by atoms with Crippen molar-refractivity contribution in [1.29, 1.82) is 5.26 Å². The van der Waals surface area contributed by atoms with E-state index in [0.29, 0.717) is 23.2 Å². The molecule has 0 bridgehead atoms. The molecule has 4 aromatic rings. The van der Waals surface area contributed by atoms with Crippen LogP contribution in [0, 0.1) is 11.3 Å². The lowest BCUT2D eigenvalue weighted by Crippen LogP contribution is -2.07. The number of thioether (sulfide) groups is 1. The Morgan fingerprint density at radius 2 is 1.70 bits per heavy atom. The molecule has 4 rings (SSSR count). The van der Waals surface area contributed by atoms with Crippen molar-refractivity contribution in [3.05, 3.63) is 84.6 Å². The molecule has 0 radical (unpaired) electrons. The second kappa shape index (κ2) is 7.94. The number of furan rings is 1. The SMILES string of the molecule is N#C[C@H](Cc1ccccc1)Sc1nnc(-c2ccco2)n1-c1ccccc1. The number of nitriles is 1. The lowest BCUT2D eigenvalue weighted by Gasteiger charge is -2.12. The van der Waals surface area contributed by atoms with E-state index in [1.807, 2.05) is 77.4 Å². The van der Waals surface area contributed by atoms with Gasteiger partial charge in [0.2, 0.25) is 5.82 Å². The Kier molecular flexibility index (Phi) is 5.04. The van der Waals surface area contributed by atoms with Crippen molar-refractivity contribution in [2.24, 2.45) is 0 Å². The smallest absolute Gasteiger partial charge is 0.205 e. The second-order valence-corrected chi connectivity index (χ2v) is 7.05. The van der Waals surface area contributed by atoms with Gasteiger partial charge in [0.15, 0.2) is 10.9 Å². The molecule has 0 aliphatic heterocycles. The van der Waals surface area contributed by atoms with Crippen LogP contribution in [0.3, 0.4) is 0 Å². The molecule has 27 heavy (non-hydrogen) atoms. The first-order valence-corrected chi connectivity index (χ1v) is 9.38. The molecule has 0 spiro atoms. The van der Waals surface area contributed by atoms with Crippen molar-refractivity contribution in [3.63, 3.8) is 0 Å². The summed E-state index contributed by atoms with van der Waals surface area (Å²) in [7, 11) is 0. The minimum atomic E-state index is -0.275. The summed E-state index contributed by atoms with van der Waals surface area (Å²) in [6, 6.07) is 25.9. The lowest BCUT2D eigenvalue weighted by atomic mass is 10.1. The van der Waals surface area contributed by atoms with Crippen LogP contribution in [0.25, 0.3) is 17.3 Å². The largest absolute Gasteiger partial charge is 0.461 e. The van der Waals surface area contributed by atoms with E-state index in [0.717, 1.165) is 11.3 Å². The van der Waals surface area contributed by atoms with E-state index >= 15 is 0 Å². The van der Waals surface area contributed by atoms with Gasteiger partial charge >= 0.3 is 0 Å². The average molecular weight is 372 g/mol. The third-order valence-corrected chi connectivity index (χ3v) is 5.08. The summed E-state index contributed by atoms with van der Waals surface area (Å²) in [6.45, 7) is 0. The van der Waals surface area contributed by atoms with Crippen molar-refractivity contribution in [2.45, 2.75) is 16.8 Å². The molecule has 132 valence electrons. The van der Waals surface area contributed by atoms with Gasteiger partial charge in [-0.1, -0.05) is 60.3 Å². The molecule has 0 saturated heterocycles. The minimum absolute atomic E-state index is 0.275. The summed E-state index contributed by atoms with van der Waals surface area (Å²) >= 11 is 1.41. The zero-order chi connectivity index (χ0) is 18.5. The van der Waals surface area contributed by atoms with Crippen LogP contribution in [0.5, 0.6) is 0 Å². The number of rotatable bonds is 6. The molecule has 0 amide bonds. The number of hydrogen-bond donors (Lipinski definition) is 0. The maximum Gasteiger partial charge on any atom is 0.205 e. The lowest BCUT2D eigenvalue weighted by molar-refractivity contribution is 0.575. The first kappa shape index (κ1) is 17.1. The Hall–Kier alpha value is -3.30. The molecule has 0 aliphatic rings. The van der Waals surface area contributed by atoms with E-state index < -0.39 is 0 Å². The summed E-state index contributed by atoms with van der Waals surface area (Å²) in [5.74, 6) is 1.25. The van der Waals surface area contributed by atoms with Gasteiger partial charge in [-0.05, 0) is 36.2 Å². The molecule has 0 N–H and O–H groups in total. The highest BCUT2D eigenvalue weighted by atomic mass is 32.2. The van der Waals surface area contributed by atoms with Gasteiger partial charge in [0.25, 0.3) is 0 Å². The number of para-hydroxylation sites is 1. The monoisotopic (exact) mass is 372 g/mol. The fourth-order valence-electron chi connectivity index (χ4n) is 2.79. The van der Waals surface area contributed by atoms with Crippen LogP contribution in [0.4, 0.5) is 0 Å². The van der Waals surface area contributed by atoms with Gasteiger partial charge in [-0.3, -0.25) is 4.57 Å². The van der Waals surface area contributed by atoms with Gasteiger partial charge in [0.05, 0.1) is 12.3 Å². The van der Waals surface area contributed by atoms with E-state index in [1.54, 1.807) is 6.26 Å². The Balaban J connectivity index is 1.69. The van der Waals surface area contributed by atoms with Crippen molar-refractivity contribution in [1.82, 2.24) is 14.8 Å². The molecule has 6 heteroatoms. The maximum atomic E-state index is 9.65. The van der Waals surface area contributed by atoms with Gasteiger partial charge in [0, 0.05) is 5.69 Å².